The Morgan fingerprint density at radius 2 is 1.90 bits per heavy atom. The molecule has 2 unspecified atom stereocenters. The molecular weight excluding hydrogens is 395 g/mol. The number of nitrogens with zero attached hydrogens (tertiary/aromatic N) is 3. The lowest BCUT2D eigenvalue weighted by Gasteiger charge is -2.42. The number of phenols is 1. The van der Waals surface area contributed by atoms with E-state index in [1.807, 2.05) is 0 Å². The van der Waals surface area contributed by atoms with Crippen molar-refractivity contribution in [1.82, 2.24) is 25.7 Å². The van der Waals surface area contributed by atoms with Gasteiger partial charge in [-0.25, -0.2) is 4.39 Å². The molecule has 4 N–H and O–H groups in total. The molecule has 5 rings (SSSR count). The molecule has 0 saturated carbocycles. The van der Waals surface area contributed by atoms with Crippen LogP contribution in [0.1, 0.15) is 39.5 Å². The summed E-state index contributed by atoms with van der Waals surface area (Å²) >= 11 is 0. The van der Waals surface area contributed by atoms with Crippen molar-refractivity contribution in [3.63, 3.8) is 0 Å². The predicted octanol–water partition coefficient (Wildman–Crippen LogP) is 4.10. The van der Waals surface area contributed by atoms with Crippen LogP contribution in [0, 0.1) is 11.7 Å². The second-order valence-electron chi connectivity index (χ2n) is 9.54. The van der Waals surface area contributed by atoms with Gasteiger partial charge in [0, 0.05) is 29.4 Å². The van der Waals surface area contributed by atoms with Crippen LogP contribution < -0.4 is 10.6 Å². The molecule has 8 heteroatoms. The number of nitrogens with one attached hydrogen (secondary N) is 3. The quantitative estimate of drug-likeness (QED) is 0.494. The van der Waals surface area contributed by atoms with Gasteiger partial charge in [0.25, 0.3) is 0 Å². The second-order valence-corrected chi connectivity index (χ2v) is 9.54. The molecule has 2 aliphatic rings. The van der Waals surface area contributed by atoms with E-state index in [2.05, 4.69) is 44.9 Å². The average Bonchev–Trinajstić information content (AvgIpc) is 3.33. The molecule has 1 aromatic carbocycles. The number of H-pyrrole nitrogens is 1. The Balaban J connectivity index is 1.28. The lowest BCUT2D eigenvalue weighted by atomic mass is 9.80. The van der Waals surface area contributed by atoms with Crippen LogP contribution in [0.4, 0.5) is 10.2 Å². The van der Waals surface area contributed by atoms with Gasteiger partial charge in [0.15, 0.2) is 0 Å². The smallest absolute Gasteiger partial charge is 0.148 e. The summed E-state index contributed by atoms with van der Waals surface area (Å²) in [6.07, 6.45) is 7.95. The highest BCUT2D eigenvalue weighted by Gasteiger charge is 2.48. The molecular formula is C23H27FN6O. The molecule has 7 nitrogen and oxygen atoms in total. The largest absolute Gasteiger partial charge is 0.507 e. The molecule has 2 fully saturated rings. The van der Waals surface area contributed by atoms with Gasteiger partial charge in [-0.15, -0.1) is 10.2 Å². The molecule has 2 atom stereocenters. The second kappa shape index (κ2) is 7.30. The number of phenolic OH excluding ortho intramolecular Hbond substituents is 1. The fourth-order valence-corrected chi connectivity index (χ4v) is 5.43. The van der Waals surface area contributed by atoms with Crippen molar-refractivity contribution in [2.24, 2.45) is 5.92 Å². The lowest BCUT2D eigenvalue weighted by molar-refractivity contribution is 0.178. The number of benzene rings is 1. The number of fused-ring (bicyclic) bond motifs is 2. The molecule has 0 spiro atoms. The van der Waals surface area contributed by atoms with Gasteiger partial charge in [-0.2, -0.15) is 5.10 Å². The number of anilines is 1. The number of piperidine rings is 1. The summed E-state index contributed by atoms with van der Waals surface area (Å²) in [6.45, 7) is 5.47. The van der Waals surface area contributed by atoms with Gasteiger partial charge in [0.2, 0.25) is 0 Å². The van der Waals surface area contributed by atoms with Crippen molar-refractivity contribution in [2.45, 2.75) is 50.6 Å². The fourth-order valence-electron chi connectivity index (χ4n) is 5.43. The van der Waals surface area contributed by atoms with Crippen LogP contribution in [0.3, 0.4) is 0 Å². The van der Waals surface area contributed by atoms with E-state index in [1.54, 1.807) is 24.5 Å². The van der Waals surface area contributed by atoms with Gasteiger partial charge in [0.1, 0.15) is 17.4 Å². The number of hydrogen-bond acceptors (Lipinski definition) is 6. The summed E-state index contributed by atoms with van der Waals surface area (Å²) in [5.41, 5.74) is 2.03. The van der Waals surface area contributed by atoms with E-state index in [0.29, 0.717) is 28.6 Å². The minimum absolute atomic E-state index is 0.0436. The van der Waals surface area contributed by atoms with Gasteiger partial charge in [-0.05, 0) is 75.3 Å². The third kappa shape index (κ3) is 3.87. The fraction of sp³-hybridized carbons (Fsp3) is 0.435. The van der Waals surface area contributed by atoms with Crippen molar-refractivity contribution in [3.05, 3.63) is 42.5 Å². The standard InChI is InChI=1S/C23H27FN6O/c1-22-5-6-23(2,30-22)10-14(9-22)11-25-20-4-3-18(28-29-20)21-17(24)7-15(8-19(21)31)16-12-26-27-13-16/h3-4,7-8,12-14,30-31H,5-6,9-11H2,1-2H3,(H,25,29)(H,26,27). The Labute approximate surface area is 180 Å². The van der Waals surface area contributed by atoms with Crippen LogP contribution in [-0.2, 0) is 0 Å². The van der Waals surface area contributed by atoms with Crippen molar-refractivity contribution < 1.29 is 9.50 Å². The molecule has 0 radical (unpaired) electrons. The zero-order valence-corrected chi connectivity index (χ0v) is 17.7. The Morgan fingerprint density at radius 1 is 1.13 bits per heavy atom. The van der Waals surface area contributed by atoms with Gasteiger partial charge in [0.05, 0.1) is 17.5 Å². The minimum Gasteiger partial charge on any atom is -0.507 e. The summed E-state index contributed by atoms with van der Waals surface area (Å²) in [5, 5.41) is 32.5. The zero-order valence-electron chi connectivity index (χ0n) is 17.7. The first-order valence-corrected chi connectivity index (χ1v) is 10.7. The first kappa shape index (κ1) is 19.9. The number of halogens is 1. The van der Waals surface area contributed by atoms with E-state index in [9.17, 15) is 9.50 Å². The number of aromatic amines is 1. The highest BCUT2D eigenvalue weighted by Crippen LogP contribution is 2.44. The Bertz CT molecular complexity index is 1040. The molecule has 162 valence electrons. The predicted molar refractivity (Wildman–Crippen MR) is 117 cm³/mol. The first-order valence-electron chi connectivity index (χ1n) is 10.7. The molecule has 2 aromatic heterocycles. The number of aromatic nitrogens is 4. The lowest BCUT2D eigenvalue weighted by Crippen LogP contribution is -2.54. The molecule has 2 bridgehead atoms. The Kier molecular flexibility index (Phi) is 4.69. The van der Waals surface area contributed by atoms with E-state index >= 15 is 0 Å². The van der Waals surface area contributed by atoms with Crippen LogP contribution in [0.25, 0.3) is 22.4 Å². The minimum atomic E-state index is -0.558. The first-order chi connectivity index (χ1) is 14.8. The molecule has 4 heterocycles. The highest BCUT2D eigenvalue weighted by molar-refractivity contribution is 5.74. The van der Waals surface area contributed by atoms with Crippen LogP contribution >= 0.6 is 0 Å². The molecule has 2 saturated heterocycles. The van der Waals surface area contributed by atoms with Crippen LogP contribution in [-0.4, -0.2) is 43.1 Å². The van der Waals surface area contributed by atoms with E-state index in [1.165, 1.54) is 25.0 Å². The molecule has 0 aliphatic carbocycles. The van der Waals surface area contributed by atoms with E-state index in [-0.39, 0.29) is 22.4 Å². The average molecular weight is 423 g/mol. The van der Waals surface area contributed by atoms with Crippen molar-refractivity contribution in [3.8, 4) is 28.1 Å². The molecule has 31 heavy (non-hydrogen) atoms. The van der Waals surface area contributed by atoms with Crippen LogP contribution in [0.15, 0.2) is 36.7 Å². The molecule has 2 aliphatic heterocycles. The van der Waals surface area contributed by atoms with Gasteiger partial charge >= 0.3 is 0 Å². The van der Waals surface area contributed by atoms with E-state index < -0.39 is 5.82 Å². The highest BCUT2D eigenvalue weighted by atomic mass is 19.1. The van der Waals surface area contributed by atoms with Gasteiger partial charge < -0.3 is 15.7 Å². The third-order valence-corrected chi connectivity index (χ3v) is 6.70. The molecule has 0 amide bonds. The topological polar surface area (TPSA) is 98.8 Å². The van der Waals surface area contributed by atoms with Crippen molar-refractivity contribution in [2.75, 3.05) is 11.9 Å². The van der Waals surface area contributed by atoms with Gasteiger partial charge in [-0.3, -0.25) is 5.10 Å². The van der Waals surface area contributed by atoms with Crippen molar-refractivity contribution in [1.29, 1.82) is 0 Å². The summed E-state index contributed by atoms with van der Waals surface area (Å²) in [7, 11) is 0. The zero-order chi connectivity index (χ0) is 21.6. The van der Waals surface area contributed by atoms with Crippen LogP contribution in [0.5, 0.6) is 5.75 Å². The number of hydrogen-bond donors (Lipinski definition) is 4. The maximum absolute atomic E-state index is 14.8. The molecule has 3 aromatic rings. The number of rotatable bonds is 5. The number of aromatic hydroxyl groups is 1. The maximum Gasteiger partial charge on any atom is 0.148 e. The summed E-state index contributed by atoms with van der Waals surface area (Å²) in [4.78, 5) is 0. The Morgan fingerprint density at radius 3 is 2.52 bits per heavy atom. The SMILES string of the molecule is CC12CCC(C)(CC(CNc3ccc(-c4c(O)cc(-c5cn[nH]c5)cc4F)nn3)C1)N2. The summed E-state index contributed by atoms with van der Waals surface area (Å²) in [6, 6.07) is 6.33. The van der Waals surface area contributed by atoms with Crippen molar-refractivity contribution >= 4 is 5.82 Å². The Hall–Kier alpha value is -3.00. The normalized spacial score (nSPS) is 27.4. The summed E-state index contributed by atoms with van der Waals surface area (Å²) < 4.78 is 14.8. The summed E-state index contributed by atoms with van der Waals surface area (Å²) in [5.74, 6) is 0.479. The monoisotopic (exact) mass is 422 g/mol. The van der Waals surface area contributed by atoms with Crippen LogP contribution in [0.2, 0.25) is 0 Å². The van der Waals surface area contributed by atoms with Gasteiger partial charge in [-0.1, -0.05) is 0 Å². The van der Waals surface area contributed by atoms with E-state index in [0.717, 1.165) is 19.4 Å². The van der Waals surface area contributed by atoms with E-state index in [4.69, 9.17) is 0 Å². The maximum atomic E-state index is 14.8. The third-order valence-electron chi connectivity index (χ3n) is 6.70.